The van der Waals surface area contributed by atoms with Gasteiger partial charge in [-0.2, -0.15) is 5.10 Å². The van der Waals surface area contributed by atoms with Gasteiger partial charge in [0, 0.05) is 30.7 Å². The molecule has 0 aliphatic heterocycles. The zero-order chi connectivity index (χ0) is 14.8. The zero-order valence-corrected chi connectivity index (χ0v) is 11.9. The number of aromatic nitrogens is 4. The molecule has 0 bridgehead atoms. The van der Waals surface area contributed by atoms with Crippen LogP contribution < -0.4 is 5.32 Å². The molecule has 21 heavy (non-hydrogen) atoms. The molecule has 3 rings (SSSR count). The lowest BCUT2D eigenvalue weighted by molar-refractivity contribution is 0.0946. The number of hydrogen-bond donors (Lipinski definition) is 1. The fourth-order valence-electron chi connectivity index (χ4n) is 2.13. The lowest BCUT2D eigenvalue weighted by Gasteiger charge is -2.06. The van der Waals surface area contributed by atoms with E-state index in [-0.39, 0.29) is 5.91 Å². The van der Waals surface area contributed by atoms with E-state index >= 15 is 0 Å². The van der Waals surface area contributed by atoms with Crippen LogP contribution in [0, 0.1) is 13.8 Å². The second kappa shape index (κ2) is 5.32. The van der Waals surface area contributed by atoms with Gasteiger partial charge in [-0.05, 0) is 31.5 Å². The molecule has 0 radical (unpaired) electrons. The summed E-state index contributed by atoms with van der Waals surface area (Å²) in [5.41, 5.74) is 3.77. The quantitative estimate of drug-likeness (QED) is 0.792. The average molecular weight is 281 g/mol. The van der Waals surface area contributed by atoms with Gasteiger partial charge >= 0.3 is 0 Å². The Bertz CT molecular complexity index is 794. The fourth-order valence-corrected chi connectivity index (χ4v) is 2.13. The molecule has 0 saturated heterocycles. The summed E-state index contributed by atoms with van der Waals surface area (Å²) in [5.74, 6) is -0.205. The maximum Gasteiger partial charge on any atom is 0.270 e. The van der Waals surface area contributed by atoms with Crippen LogP contribution in [-0.4, -0.2) is 25.5 Å². The number of pyridine rings is 1. The van der Waals surface area contributed by atoms with Crippen LogP contribution in [-0.2, 0) is 6.54 Å². The van der Waals surface area contributed by atoms with Gasteiger partial charge in [0.1, 0.15) is 5.69 Å². The van der Waals surface area contributed by atoms with Gasteiger partial charge in [0.05, 0.1) is 5.69 Å². The van der Waals surface area contributed by atoms with E-state index in [1.165, 1.54) is 0 Å². The summed E-state index contributed by atoms with van der Waals surface area (Å²) >= 11 is 0. The van der Waals surface area contributed by atoms with Gasteiger partial charge in [-0.15, -0.1) is 0 Å². The van der Waals surface area contributed by atoms with Crippen LogP contribution in [0.2, 0.25) is 0 Å². The molecule has 0 aliphatic rings. The molecule has 6 nitrogen and oxygen atoms in total. The molecule has 3 aromatic rings. The predicted molar refractivity (Wildman–Crippen MR) is 77.9 cm³/mol. The van der Waals surface area contributed by atoms with Crippen LogP contribution in [0.5, 0.6) is 0 Å². The number of carbonyl (C=O) groups is 1. The minimum Gasteiger partial charge on any atom is -0.347 e. The molecule has 6 heteroatoms. The van der Waals surface area contributed by atoms with Crippen molar-refractivity contribution in [1.29, 1.82) is 0 Å². The zero-order valence-electron chi connectivity index (χ0n) is 11.9. The average Bonchev–Trinajstić information content (AvgIpc) is 2.87. The van der Waals surface area contributed by atoms with Crippen molar-refractivity contribution >= 4 is 11.6 Å². The SMILES string of the molecule is Cc1cc2nc(C(=O)NCc3cccnc3)cc(C)n2n1. The highest BCUT2D eigenvalue weighted by Gasteiger charge is 2.11. The third-order valence-electron chi connectivity index (χ3n) is 3.14. The van der Waals surface area contributed by atoms with Crippen molar-refractivity contribution in [2.75, 3.05) is 0 Å². The van der Waals surface area contributed by atoms with Crippen LogP contribution in [0.4, 0.5) is 0 Å². The second-order valence-electron chi connectivity index (χ2n) is 4.88. The summed E-state index contributed by atoms with van der Waals surface area (Å²) in [4.78, 5) is 20.6. The molecular formula is C15H15N5O. The monoisotopic (exact) mass is 281 g/mol. The highest BCUT2D eigenvalue weighted by atomic mass is 16.1. The normalized spacial score (nSPS) is 10.8. The molecular weight excluding hydrogens is 266 g/mol. The standard InChI is InChI=1S/C15H15N5O/c1-10-6-14-18-13(7-11(2)20(14)19-10)15(21)17-9-12-4-3-5-16-8-12/h3-8H,9H2,1-2H3,(H,17,21). The Kier molecular flexibility index (Phi) is 3.35. The first-order valence-electron chi connectivity index (χ1n) is 6.64. The Morgan fingerprint density at radius 3 is 2.95 bits per heavy atom. The van der Waals surface area contributed by atoms with E-state index in [4.69, 9.17) is 0 Å². The van der Waals surface area contributed by atoms with Crippen molar-refractivity contribution in [3.63, 3.8) is 0 Å². The lowest BCUT2D eigenvalue weighted by atomic mass is 10.2. The number of fused-ring (bicyclic) bond motifs is 1. The van der Waals surface area contributed by atoms with Crippen molar-refractivity contribution in [1.82, 2.24) is 24.9 Å². The van der Waals surface area contributed by atoms with Crippen molar-refractivity contribution in [3.8, 4) is 0 Å². The van der Waals surface area contributed by atoms with Crippen molar-refractivity contribution < 1.29 is 4.79 Å². The van der Waals surface area contributed by atoms with E-state index < -0.39 is 0 Å². The minimum atomic E-state index is -0.205. The Hall–Kier alpha value is -2.76. The van der Waals surface area contributed by atoms with E-state index in [1.54, 1.807) is 23.0 Å². The first kappa shape index (κ1) is 13.2. The maximum atomic E-state index is 12.2. The van der Waals surface area contributed by atoms with Crippen molar-refractivity contribution in [3.05, 3.63) is 59.3 Å². The van der Waals surface area contributed by atoms with Gasteiger partial charge in [0.2, 0.25) is 0 Å². The van der Waals surface area contributed by atoms with Crippen molar-refractivity contribution in [2.24, 2.45) is 0 Å². The van der Waals surface area contributed by atoms with E-state index in [1.807, 2.05) is 32.0 Å². The molecule has 1 N–H and O–H groups in total. The summed E-state index contributed by atoms with van der Waals surface area (Å²) in [6.07, 6.45) is 3.43. The number of carbonyl (C=O) groups excluding carboxylic acids is 1. The Balaban J connectivity index is 1.81. The molecule has 1 amide bonds. The lowest BCUT2D eigenvalue weighted by Crippen LogP contribution is -2.24. The number of amides is 1. The third kappa shape index (κ3) is 2.74. The minimum absolute atomic E-state index is 0.205. The predicted octanol–water partition coefficient (Wildman–Crippen LogP) is 1.67. The van der Waals surface area contributed by atoms with Crippen molar-refractivity contribution in [2.45, 2.75) is 20.4 Å². The van der Waals surface area contributed by atoms with Crippen LogP contribution in [0.25, 0.3) is 5.65 Å². The molecule has 106 valence electrons. The number of nitrogens with zero attached hydrogens (tertiary/aromatic N) is 4. The van der Waals surface area contributed by atoms with Gasteiger partial charge in [0.15, 0.2) is 5.65 Å². The Morgan fingerprint density at radius 1 is 1.33 bits per heavy atom. The molecule has 3 heterocycles. The molecule has 0 aliphatic carbocycles. The fraction of sp³-hybridized carbons (Fsp3) is 0.200. The van der Waals surface area contributed by atoms with Gasteiger partial charge in [-0.1, -0.05) is 6.07 Å². The van der Waals surface area contributed by atoms with E-state index in [9.17, 15) is 4.79 Å². The summed E-state index contributed by atoms with van der Waals surface area (Å²) < 4.78 is 1.73. The molecule has 0 saturated carbocycles. The molecule has 0 unspecified atom stereocenters. The number of hydrogen-bond acceptors (Lipinski definition) is 4. The van der Waals surface area contributed by atoms with Gasteiger partial charge < -0.3 is 5.32 Å². The molecule has 3 aromatic heterocycles. The molecule has 0 aromatic carbocycles. The smallest absolute Gasteiger partial charge is 0.270 e. The molecule has 0 atom stereocenters. The Morgan fingerprint density at radius 2 is 2.19 bits per heavy atom. The maximum absolute atomic E-state index is 12.2. The summed E-state index contributed by atoms with van der Waals surface area (Å²) in [5, 5.41) is 7.16. The van der Waals surface area contributed by atoms with E-state index in [2.05, 4.69) is 20.4 Å². The van der Waals surface area contributed by atoms with E-state index in [0.717, 1.165) is 17.0 Å². The van der Waals surface area contributed by atoms with Crippen LogP contribution in [0.15, 0.2) is 36.7 Å². The van der Waals surface area contributed by atoms with E-state index in [0.29, 0.717) is 17.9 Å². The molecule has 0 spiro atoms. The first-order chi connectivity index (χ1) is 10.1. The highest BCUT2D eigenvalue weighted by molar-refractivity contribution is 5.92. The van der Waals surface area contributed by atoms with Crippen LogP contribution in [0.1, 0.15) is 27.4 Å². The molecule has 0 fully saturated rings. The topological polar surface area (TPSA) is 72.2 Å². The highest BCUT2D eigenvalue weighted by Crippen LogP contribution is 2.09. The number of aryl methyl sites for hydroxylation is 2. The summed E-state index contributed by atoms with van der Waals surface area (Å²) in [7, 11) is 0. The van der Waals surface area contributed by atoms with Gasteiger partial charge in [-0.3, -0.25) is 9.78 Å². The van der Waals surface area contributed by atoms with Crippen LogP contribution >= 0.6 is 0 Å². The van der Waals surface area contributed by atoms with Gasteiger partial charge in [-0.25, -0.2) is 9.50 Å². The largest absolute Gasteiger partial charge is 0.347 e. The summed E-state index contributed by atoms with van der Waals surface area (Å²) in [6, 6.07) is 7.34. The van der Waals surface area contributed by atoms with Crippen LogP contribution in [0.3, 0.4) is 0 Å². The Labute approximate surface area is 121 Å². The second-order valence-corrected chi connectivity index (χ2v) is 4.88. The van der Waals surface area contributed by atoms with Gasteiger partial charge in [0.25, 0.3) is 5.91 Å². The summed E-state index contributed by atoms with van der Waals surface area (Å²) in [6.45, 7) is 4.23. The first-order valence-corrected chi connectivity index (χ1v) is 6.64. The third-order valence-corrected chi connectivity index (χ3v) is 3.14. The number of rotatable bonds is 3. The number of nitrogens with one attached hydrogen (secondary N) is 1.